The molecule has 18 heteroatoms. The number of carbonyl (C=O) groups excluding carboxylic acids is 2. The number of carboxylic acid groups (broad SMARTS) is 1. The number of unbranched alkanes of at least 4 members (excludes halogenated alkanes) is 5. The van der Waals surface area contributed by atoms with E-state index in [1.54, 1.807) is 0 Å². The van der Waals surface area contributed by atoms with Gasteiger partial charge in [-0.25, -0.2) is 0 Å². The van der Waals surface area contributed by atoms with Crippen molar-refractivity contribution in [3.63, 3.8) is 0 Å². The number of hydrogen-bond acceptors (Lipinski definition) is 16. The van der Waals surface area contributed by atoms with Crippen molar-refractivity contribution in [2.24, 2.45) is 0 Å². The summed E-state index contributed by atoms with van der Waals surface area (Å²) in [6.45, 7) is 14.1. The van der Waals surface area contributed by atoms with Crippen LogP contribution in [-0.2, 0) is 76.0 Å². The highest BCUT2D eigenvalue weighted by Crippen LogP contribution is 2.07. The molecule has 0 aromatic carbocycles. The van der Waals surface area contributed by atoms with E-state index in [-0.39, 0.29) is 31.3 Å². The van der Waals surface area contributed by atoms with Gasteiger partial charge in [0.1, 0.15) is 6.61 Å². The van der Waals surface area contributed by atoms with Crippen molar-refractivity contribution >= 4 is 17.8 Å². The Labute approximate surface area is 346 Å². The largest absolute Gasteiger partial charge is 0.481 e. The van der Waals surface area contributed by atoms with Gasteiger partial charge in [-0.3, -0.25) is 14.4 Å². The zero-order chi connectivity index (χ0) is 42.1. The maximum Gasteiger partial charge on any atom is 0.305 e. The van der Waals surface area contributed by atoms with Crippen LogP contribution in [0.2, 0.25) is 0 Å². The Hall–Kier alpha value is -2.07. The minimum absolute atomic E-state index is 0.0139. The van der Waals surface area contributed by atoms with Gasteiger partial charge in [0.2, 0.25) is 5.91 Å². The molecular formula is C40H77NO17. The lowest BCUT2D eigenvalue weighted by Gasteiger charge is -2.09. The van der Waals surface area contributed by atoms with E-state index in [9.17, 15) is 14.4 Å². The molecule has 0 aliphatic carbocycles. The maximum atomic E-state index is 11.7. The fourth-order valence-corrected chi connectivity index (χ4v) is 4.57. The van der Waals surface area contributed by atoms with Crippen molar-refractivity contribution in [2.45, 2.75) is 71.1 Å². The molecule has 0 aliphatic rings. The molecule has 0 bridgehead atoms. The van der Waals surface area contributed by atoms with Crippen molar-refractivity contribution < 1.29 is 81.1 Å². The first-order valence-electron chi connectivity index (χ1n) is 21.1. The summed E-state index contributed by atoms with van der Waals surface area (Å²) < 4.78 is 70.8. The number of amides is 1. The van der Waals surface area contributed by atoms with Crippen molar-refractivity contribution in [1.29, 1.82) is 0 Å². The summed E-state index contributed by atoms with van der Waals surface area (Å²) in [5.74, 6) is -1.41. The quantitative estimate of drug-likeness (QED) is 0.0668. The first-order valence-corrected chi connectivity index (χ1v) is 21.1. The average Bonchev–Trinajstić information content (AvgIpc) is 3.21. The molecule has 0 rings (SSSR count). The number of carbonyl (C=O) groups is 3. The van der Waals surface area contributed by atoms with Gasteiger partial charge < -0.3 is 72.0 Å². The lowest BCUT2D eigenvalue weighted by molar-refractivity contribution is -0.145. The Morgan fingerprint density at radius 3 is 1.02 bits per heavy atom. The van der Waals surface area contributed by atoms with E-state index in [1.807, 2.05) is 0 Å². The first kappa shape index (κ1) is 55.9. The highest BCUT2D eigenvalue weighted by atomic mass is 16.6. The number of ether oxygens (including phenoxy) is 13. The van der Waals surface area contributed by atoms with Crippen LogP contribution in [-0.4, -0.2) is 195 Å². The maximum absolute atomic E-state index is 11.7. The molecule has 0 atom stereocenters. The molecule has 0 heterocycles. The second-order valence-electron chi connectivity index (χ2n) is 12.7. The molecule has 58 heavy (non-hydrogen) atoms. The number of nitrogens with one attached hydrogen (secondary N) is 1. The van der Waals surface area contributed by atoms with Crippen LogP contribution in [0.25, 0.3) is 0 Å². The Balaban J connectivity index is 3.12. The van der Waals surface area contributed by atoms with Gasteiger partial charge in [-0.05, 0) is 12.8 Å². The summed E-state index contributed by atoms with van der Waals surface area (Å²) in [6.07, 6.45) is 7.84. The summed E-state index contributed by atoms with van der Waals surface area (Å²) >= 11 is 0. The second-order valence-corrected chi connectivity index (χ2v) is 12.7. The lowest BCUT2D eigenvalue weighted by Crippen LogP contribution is -2.25. The molecule has 0 spiro atoms. The zero-order valence-electron chi connectivity index (χ0n) is 35.4. The summed E-state index contributed by atoms with van der Waals surface area (Å²) in [6, 6.07) is 0. The van der Waals surface area contributed by atoms with Crippen LogP contribution in [0.1, 0.15) is 71.1 Å². The van der Waals surface area contributed by atoms with E-state index in [4.69, 9.17) is 66.7 Å². The van der Waals surface area contributed by atoms with Crippen LogP contribution in [0.15, 0.2) is 0 Å². The number of esters is 1. The van der Waals surface area contributed by atoms with Crippen LogP contribution in [0.4, 0.5) is 0 Å². The first-order chi connectivity index (χ1) is 28.6. The van der Waals surface area contributed by atoms with E-state index in [0.29, 0.717) is 178 Å². The highest BCUT2D eigenvalue weighted by molar-refractivity contribution is 5.80. The van der Waals surface area contributed by atoms with Crippen LogP contribution in [0.3, 0.4) is 0 Å². The van der Waals surface area contributed by atoms with Crippen LogP contribution < -0.4 is 5.32 Å². The van der Waals surface area contributed by atoms with Gasteiger partial charge in [-0.1, -0.05) is 39.0 Å². The van der Waals surface area contributed by atoms with Crippen LogP contribution >= 0.6 is 0 Å². The fraction of sp³-hybridized carbons (Fsp3) is 0.925. The Morgan fingerprint density at radius 1 is 0.362 bits per heavy atom. The lowest BCUT2D eigenvalue weighted by atomic mass is 10.1. The number of carboxylic acids is 1. The molecule has 0 radical (unpaired) electrons. The van der Waals surface area contributed by atoms with Crippen molar-refractivity contribution in [3.05, 3.63) is 0 Å². The van der Waals surface area contributed by atoms with E-state index < -0.39 is 5.97 Å². The molecule has 0 unspecified atom stereocenters. The highest BCUT2D eigenvalue weighted by Gasteiger charge is 2.05. The van der Waals surface area contributed by atoms with E-state index >= 15 is 0 Å². The molecule has 18 nitrogen and oxygen atoms in total. The van der Waals surface area contributed by atoms with E-state index in [1.165, 1.54) is 25.7 Å². The van der Waals surface area contributed by atoms with Gasteiger partial charge in [0.15, 0.2) is 0 Å². The van der Waals surface area contributed by atoms with Gasteiger partial charge in [0.05, 0.1) is 158 Å². The molecule has 2 N–H and O–H groups in total. The topological polar surface area (TPSA) is 203 Å². The Bertz CT molecular complexity index is 873. The van der Waals surface area contributed by atoms with Gasteiger partial charge in [-0.15, -0.1) is 0 Å². The smallest absolute Gasteiger partial charge is 0.305 e. The summed E-state index contributed by atoms with van der Waals surface area (Å²) in [7, 11) is 0. The second kappa shape index (κ2) is 49.3. The van der Waals surface area contributed by atoms with Gasteiger partial charge >= 0.3 is 11.9 Å². The molecule has 0 saturated heterocycles. The molecule has 0 aromatic rings. The van der Waals surface area contributed by atoms with E-state index in [0.717, 1.165) is 12.8 Å². The Morgan fingerprint density at radius 2 is 0.672 bits per heavy atom. The van der Waals surface area contributed by atoms with Crippen LogP contribution in [0, 0.1) is 0 Å². The van der Waals surface area contributed by atoms with Gasteiger partial charge in [-0.2, -0.15) is 0 Å². The third-order valence-corrected chi connectivity index (χ3v) is 7.67. The number of hydrogen-bond donors (Lipinski definition) is 2. The monoisotopic (exact) mass is 844 g/mol. The predicted octanol–water partition coefficient (Wildman–Crippen LogP) is 2.85. The van der Waals surface area contributed by atoms with Crippen molar-refractivity contribution in [1.82, 2.24) is 5.32 Å². The number of aliphatic carboxylic acids is 1. The zero-order valence-corrected chi connectivity index (χ0v) is 35.4. The van der Waals surface area contributed by atoms with E-state index in [2.05, 4.69) is 12.2 Å². The molecule has 0 saturated carbocycles. The number of rotatable bonds is 50. The predicted molar refractivity (Wildman–Crippen MR) is 213 cm³/mol. The normalized spacial score (nSPS) is 11.3. The van der Waals surface area contributed by atoms with Crippen LogP contribution in [0.5, 0.6) is 0 Å². The minimum atomic E-state index is -0.985. The van der Waals surface area contributed by atoms with Crippen molar-refractivity contribution in [3.8, 4) is 0 Å². The minimum Gasteiger partial charge on any atom is -0.481 e. The molecule has 1 amide bonds. The summed E-state index contributed by atoms with van der Waals surface area (Å²) in [5.41, 5.74) is 0. The average molecular weight is 844 g/mol. The summed E-state index contributed by atoms with van der Waals surface area (Å²) in [4.78, 5) is 33.5. The Kier molecular flexibility index (Phi) is 47.5. The fourth-order valence-electron chi connectivity index (χ4n) is 4.57. The molecular weight excluding hydrogens is 766 g/mol. The van der Waals surface area contributed by atoms with Gasteiger partial charge in [0, 0.05) is 26.0 Å². The summed E-state index contributed by atoms with van der Waals surface area (Å²) in [5, 5.41) is 11.2. The van der Waals surface area contributed by atoms with Crippen molar-refractivity contribution in [2.75, 3.05) is 172 Å². The molecule has 344 valence electrons. The van der Waals surface area contributed by atoms with Gasteiger partial charge in [0.25, 0.3) is 0 Å². The standard InChI is InChI=1S/C40H77NO17/c1-2-3-4-5-6-7-9-40(45)58-37-36-57-35-34-56-33-32-55-31-30-54-29-28-53-27-26-52-25-24-51-23-22-50-21-20-49-19-18-48-17-16-47-15-14-46-13-8-12-41-38(42)10-11-39(43)44/h2-37H2,1H3,(H,41,42)(H,43,44). The third kappa shape index (κ3) is 50.1. The third-order valence-electron chi connectivity index (χ3n) is 7.67. The molecule has 0 aliphatic heterocycles. The SMILES string of the molecule is CCCCCCCCC(=O)OCCOCCOCCOCCOCCOCCOCCOCCOCCOCCOCCOCCOCCCNC(=O)CCC(=O)O. The molecule has 0 fully saturated rings. The molecule has 0 aromatic heterocycles.